The number of carboxylic acid groups (broad SMARTS) is 1. The molecule has 1 fully saturated rings. The Bertz CT molecular complexity index is 1000. The number of rotatable bonds is 4. The minimum Gasteiger partial charge on any atom is -0.479 e. The number of nitrogens with zero attached hydrogens (tertiary/aromatic N) is 5. The summed E-state index contributed by atoms with van der Waals surface area (Å²) in [5.41, 5.74) is 1.94. The number of hydrogen-bond donors (Lipinski definition) is 1. The average molecular weight is 379 g/mol. The van der Waals surface area contributed by atoms with Crippen molar-refractivity contribution in [2.45, 2.75) is 37.6 Å². The molecular formula is C20H21N5O3. The van der Waals surface area contributed by atoms with Gasteiger partial charge < -0.3 is 14.4 Å². The molecule has 0 amide bonds. The third-order valence-electron chi connectivity index (χ3n) is 5.94. The van der Waals surface area contributed by atoms with Crippen LogP contribution in [0.2, 0.25) is 0 Å². The molecule has 3 aromatic rings. The second-order valence-corrected chi connectivity index (χ2v) is 7.42. The first-order chi connectivity index (χ1) is 13.7. The first-order valence-electron chi connectivity index (χ1n) is 9.58. The molecule has 144 valence electrons. The lowest BCUT2D eigenvalue weighted by molar-refractivity contribution is -0.149. The number of anilines is 1. The van der Waals surface area contributed by atoms with E-state index < -0.39 is 11.5 Å². The first-order valence-corrected chi connectivity index (χ1v) is 9.58. The molecule has 28 heavy (non-hydrogen) atoms. The Balaban J connectivity index is 1.41. The molecule has 0 spiro atoms. The number of fused-ring (bicyclic) bond motifs is 1. The molecule has 1 N–H and O–H groups in total. The van der Waals surface area contributed by atoms with E-state index in [1.807, 2.05) is 6.07 Å². The highest BCUT2D eigenvalue weighted by atomic mass is 16.4. The minimum absolute atomic E-state index is 0.459. The van der Waals surface area contributed by atoms with Crippen molar-refractivity contribution in [3.63, 3.8) is 0 Å². The Morgan fingerprint density at radius 1 is 1.18 bits per heavy atom. The van der Waals surface area contributed by atoms with Gasteiger partial charge in [0, 0.05) is 43.4 Å². The molecule has 8 nitrogen and oxygen atoms in total. The third kappa shape index (κ3) is 2.59. The van der Waals surface area contributed by atoms with Crippen molar-refractivity contribution in [1.29, 1.82) is 0 Å². The highest BCUT2D eigenvalue weighted by Crippen LogP contribution is 2.35. The average Bonchev–Trinajstić information content (AvgIpc) is 3.48. The van der Waals surface area contributed by atoms with E-state index in [-0.39, 0.29) is 0 Å². The molecule has 5 rings (SSSR count). The highest BCUT2D eigenvalue weighted by Gasteiger charge is 2.45. The number of aryl methyl sites for hydroxylation is 1. The number of aliphatic carboxylic acids is 1. The Hall–Kier alpha value is -3.16. The van der Waals surface area contributed by atoms with Crippen LogP contribution in [-0.2, 0) is 23.2 Å². The summed E-state index contributed by atoms with van der Waals surface area (Å²) in [5, 5.41) is 14.6. The van der Waals surface area contributed by atoms with Crippen molar-refractivity contribution in [2.75, 3.05) is 18.0 Å². The molecule has 1 aliphatic heterocycles. The molecule has 1 saturated heterocycles. The largest absolute Gasteiger partial charge is 0.479 e. The number of carboxylic acids is 1. The Kier molecular flexibility index (Phi) is 3.92. The molecule has 1 aliphatic carbocycles. The van der Waals surface area contributed by atoms with Crippen LogP contribution in [0.1, 0.15) is 30.5 Å². The molecule has 2 aliphatic rings. The quantitative estimate of drug-likeness (QED) is 0.744. The molecule has 8 heteroatoms. The smallest absolute Gasteiger partial charge is 0.331 e. The monoisotopic (exact) mass is 379 g/mol. The fraction of sp³-hybridized carbons (Fsp3) is 0.400. The van der Waals surface area contributed by atoms with Gasteiger partial charge in [-0.3, -0.25) is 4.68 Å². The van der Waals surface area contributed by atoms with Gasteiger partial charge in [-0.05, 0) is 37.5 Å². The second-order valence-electron chi connectivity index (χ2n) is 7.42. The van der Waals surface area contributed by atoms with Gasteiger partial charge in [0.2, 0.25) is 0 Å². The lowest BCUT2D eigenvalue weighted by Crippen LogP contribution is -2.51. The Morgan fingerprint density at radius 3 is 2.79 bits per heavy atom. The maximum atomic E-state index is 12.3. The van der Waals surface area contributed by atoms with Crippen molar-refractivity contribution >= 4 is 11.8 Å². The van der Waals surface area contributed by atoms with E-state index in [2.05, 4.69) is 20.0 Å². The lowest BCUT2D eigenvalue weighted by atomic mass is 9.87. The highest BCUT2D eigenvalue weighted by molar-refractivity contribution is 5.77. The Labute approximate surface area is 161 Å². The van der Waals surface area contributed by atoms with Crippen LogP contribution in [0, 0.1) is 0 Å². The van der Waals surface area contributed by atoms with E-state index in [1.54, 1.807) is 35.6 Å². The minimum atomic E-state index is -1.06. The summed E-state index contributed by atoms with van der Waals surface area (Å²) in [7, 11) is 0. The van der Waals surface area contributed by atoms with E-state index in [0.29, 0.717) is 37.4 Å². The number of aromatic nitrogens is 4. The van der Waals surface area contributed by atoms with Gasteiger partial charge in [0.15, 0.2) is 11.3 Å². The zero-order valence-corrected chi connectivity index (χ0v) is 15.4. The summed E-state index contributed by atoms with van der Waals surface area (Å²) in [4.78, 5) is 23.4. The summed E-state index contributed by atoms with van der Waals surface area (Å²) < 4.78 is 6.98. The van der Waals surface area contributed by atoms with Crippen LogP contribution in [0.5, 0.6) is 0 Å². The van der Waals surface area contributed by atoms with Crippen LogP contribution in [-0.4, -0.2) is 43.9 Å². The van der Waals surface area contributed by atoms with Crippen LogP contribution in [0.3, 0.4) is 0 Å². The van der Waals surface area contributed by atoms with Gasteiger partial charge in [-0.25, -0.2) is 14.8 Å². The van der Waals surface area contributed by atoms with Gasteiger partial charge in [0.1, 0.15) is 17.8 Å². The predicted octanol–water partition coefficient (Wildman–Crippen LogP) is 2.50. The first kappa shape index (κ1) is 17.0. The van der Waals surface area contributed by atoms with Crippen molar-refractivity contribution in [2.24, 2.45) is 0 Å². The standard InChI is InChI=1S/C20H21N5O3/c26-19(27)20(25-9-6-16(23-25)17-5-2-12-28-17)7-10-24(11-8-20)18-14-3-1-4-15(14)21-13-22-18/h2,5-6,9,12-13H,1,3-4,7-8,10-11H2,(H,26,27). The normalized spacial score (nSPS) is 18.2. The van der Waals surface area contributed by atoms with E-state index in [1.165, 1.54) is 5.56 Å². The zero-order chi connectivity index (χ0) is 19.1. The summed E-state index contributed by atoms with van der Waals surface area (Å²) in [5.74, 6) is 0.751. The molecule has 0 unspecified atom stereocenters. The van der Waals surface area contributed by atoms with Crippen molar-refractivity contribution in [1.82, 2.24) is 19.7 Å². The summed E-state index contributed by atoms with van der Waals surface area (Å²) >= 11 is 0. The fourth-order valence-electron chi connectivity index (χ4n) is 4.36. The van der Waals surface area contributed by atoms with E-state index in [0.717, 1.165) is 30.8 Å². The maximum Gasteiger partial charge on any atom is 0.331 e. The summed E-state index contributed by atoms with van der Waals surface area (Å²) in [6, 6.07) is 5.41. The van der Waals surface area contributed by atoms with Gasteiger partial charge in [0.25, 0.3) is 0 Å². The van der Waals surface area contributed by atoms with Gasteiger partial charge in [-0.2, -0.15) is 5.10 Å². The molecule has 0 radical (unpaired) electrons. The van der Waals surface area contributed by atoms with E-state index in [4.69, 9.17) is 4.42 Å². The molecule has 0 aromatic carbocycles. The van der Waals surface area contributed by atoms with Gasteiger partial charge in [-0.15, -0.1) is 0 Å². The number of hydrogen-bond acceptors (Lipinski definition) is 6. The zero-order valence-electron chi connectivity index (χ0n) is 15.4. The van der Waals surface area contributed by atoms with Crippen molar-refractivity contribution < 1.29 is 14.3 Å². The molecule has 0 saturated carbocycles. The van der Waals surface area contributed by atoms with Crippen molar-refractivity contribution in [3.8, 4) is 11.5 Å². The summed E-state index contributed by atoms with van der Waals surface area (Å²) in [6.07, 6.45) is 8.97. The molecule has 0 atom stereocenters. The lowest BCUT2D eigenvalue weighted by Gasteiger charge is -2.39. The molecule has 0 bridgehead atoms. The number of carbonyl (C=O) groups is 1. The van der Waals surface area contributed by atoms with Crippen LogP contribution in [0.15, 0.2) is 41.4 Å². The topological polar surface area (TPSA) is 97.3 Å². The van der Waals surface area contributed by atoms with Gasteiger partial charge in [-0.1, -0.05) is 0 Å². The number of piperidine rings is 1. The fourth-order valence-corrected chi connectivity index (χ4v) is 4.36. The molecular weight excluding hydrogens is 358 g/mol. The SMILES string of the molecule is O=C(O)C1(n2ccc(-c3ccco3)n2)CCN(c2ncnc3c2CCC3)CC1. The van der Waals surface area contributed by atoms with E-state index >= 15 is 0 Å². The molecule has 4 heterocycles. The van der Waals surface area contributed by atoms with Crippen LogP contribution < -0.4 is 4.90 Å². The summed E-state index contributed by atoms with van der Waals surface area (Å²) in [6.45, 7) is 1.23. The van der Waals surface area contributed by atoms with Gasteiger partial charge in [0.05, 0.1) is 6.26 Å². The number of furan rings is 1. The molecule has 3 aromatic heterocycles. The van der Waals surface area contributed by atoms with Gasteiger partial charge >= 0.3 is 5.97 Å². The van der Waals surface area contributed by atoms with Crippen LogP contribution in [0.4, 0.5) is 5.82 Å². The maximum absolute atomic E-state index is 12.3. The van der Waals surface area contributed by atoms with Crippen LogP contribution >= 0.6 is 0 Å². The van der Waals surface area contributed by atoms with E-state index in [9.17, 15) is 9.90 Å². The predicted molar refractivity (Wildman–Crippen MR) is 101 cm³/mol. The van der Waals surface area contributed by atoms with Crippen LogP contribution in [0.25, 0.3) is 11.5 Å². The third-order valence-corrected chi connectivity index (χ3v) is 5.94. The Morgan fingerprint density at radius 2 is 2.04 bits per heavy atom. The van der Waals surface area contributed by atoms with Crippen molar-refractivity contribution in [3.05, 3.63) is 48.2 Å². The second kappa shape index (κ2) is 6.47.